The molecule has 0 aromatic heterocycles. The van der Waals surface area contributed by atoms with Crippen LogP contribution in [0.3, 0.4) is 0 Å². The summed E-state index contributed by atoms with van der Waals surface area (Å²) in [5.74, 6) is 0.0593. The molecule has 20 heavy (non-hydrogen) atoms. The van der Waals surface area contributed by atoms with Gasteiger partial charge in [0.15, 0.2) is 0 Å². The molecule has 1 aromatic rings. The van der Waals surface area contributed by atoms with Gasteiger partial charge in [0.25, 0.3) is 0 Å². The first kappa shape index (κ1) is 15.3. The molecule has 3 N–H and O–H groups in total. The van der Waals surface area contributed by atoms with Crippen molar-refractivity contribution in [2.75, 3.05) is 26.2 Å². The Morgan fingerprint density at radius 3 is 2.45 bits per heavy atom. The van der Waals surface area contributed by atoms with Gasteiger partial charge in [-0.1, -0.05) is 23.7 Å². The molecule has 0 spiro atoms. The van der Waals surface area contributed by atoms with Gasteiger partial charge in [0, 0.05) is 49.4 Å². The molecule has 0 amide bonds. The smallest absolute Gasteiger partial charge is 0.122 e. The van der Waals surface area contributed by atoms with E-state index >= 15 is 0 Å². The fourth-order valence-electron chi connectivity index (χ4n) is 2.52. The summed E-state index contributed by atoms with van der Waals surface area (Å²) in [5, 5.41) is 8.12. The molecule has 0 bridgehead atoms. The Balaban J connectivity index is 1.96. The lowest BCUT2D eigenvalue weighted by Crippen LogP contribution is -2.48. The van der Waals surface area contributed by atoms with Crippen molar-refractivity contribution >= 4 is 17.4 Å². The van der Waals surface area contributed by atoms with Crippen molar-refractivity contribution in [1.29, 1.82) is 5.41 Å². The van der Waals surface area contributed by atoms with E-state index in [9.17, 15) is 0 Å². The van der Waals surface area contributed by atoms with Gasteiger partial charge in [0.05, 0.1) is 0 Å². The van der Waals surface area contributed by atoms with E-state index in [-0.39, 0.29) is 5.84 Å². The van der Waals surface area contributed by atoms with E-state index in [1.807, 2.05) is 12.1 Å². The fourth-order valence-corrected chi connectivity index (χ4v) is 2.76. The van der Waals surface area contributed by atoms with E-state index in [0.29, 0.717) is 16.6 Å². The third kappa shape index (κ3) is 3.72. The van der Waals surface area contributed by atoms with Gasteiger partial charge in [-0.05, 0) is 25.5 Å². The Morgan fingerprint density at radius 1 is 1.30 bits per heavy atom. The van der Waals surface area contributed by atoms with Crippen molar-refractivity contribution in [2.24, 2.45) is 5.73 Å². The zero-order valence-electron chi connectivity index (χ0n) is 12.2. The topological polar surface area (TPSA) is 56.4 Å². The molecule has 4 nitrogen and oxygen atoms in total. The van der Waals surface area contributed by atoms with E-state index in [1.54, 1.807) is 6.07 Å². The molecular formula is C15H23ClN4. The maximum absolute atomic E-state index is 7.42. The number of nitrogen functional groups attached to an aromatic ring is 1. The summed E-state index contributed by atoms with van der Waals surface area (Å²) in [7, 11) is 0. The minimum absolute atomic E-state index is 0.0593. The molecule has 0 saturated carbocycles. The first-order chi connectivity index (χ1) is 9.47. The average Bonchev–Trinajstić information content (AvgIpc) is 2.41. The number of rotatable bonds is 4. The molecule has 1 heterocycles. The summed E-state index contributed by atoms with van der Waals surface area (Å²) in [6.45, 7) is 9.72. The van der Waals surface area contributed by atoms with Crippen LogP contribution in [0.2, 0.25) is 5.02 Å². The summed E-state index contributed by atoms with van der Waals surface area (Å²) in [5.41, 5.74) is 7.26. The van der Waals surface area contributed by atoms with E-state index in [0.717, 1.165) is 38.3 Å². The van der Waals surface area contributed by atoms with Crippen LogP contribution in [0.4, 0.5) is 0 Å². The SMILES string of the molecule is CC(C)N1CCN(Cc2ccc(C(=N)N)cc2Cl)CC1. The van der Waals surface area contributed by atoms with E-state index in [1.165, 1.54) is 0 Å². The fraction of sp³-hybridized carbons (Fsp3) is 0.533. The third-order valence-electron chi connectivity index (χ3n) is 3.90. The minimum atomic E-state index is 0.0593. The van der Waals surface area contributed by atoms with Crippen molar-refractivity contribution in [3.8, 4) is 0 Å². The summed E-state index contributed by atoms with van der Waals surface area (Å²) in [6, 6.07) is 6.25. The number of hydrogen-bond donors (Lipinski definition) is 2. The average molecular weight is 295 g/mol. The Kier molecular flexibility index (Phi) is 5.02. The zero-order valence-corrected chi connectivity index (χ0v) is 13.0. The van der Waals surface area contributed by atoms with Gasteiger partial charge in [-0.25, -0.2) is 0 Å². The van der Waals surface area contributed by atoms with Crippen LogP contribution in [0, 0.1) is 5.41 Å². The molecule has 1 aromatic carbocycles. The van der Waals surface area contributed by atoms with Gasteiger partial charge < -0.3 is 5.73 Å². The first-order valence-electron chi connectivity index (χ1n) is 7.06. The quantitative estimate of drug-likeness (QED) is 0.661. The molecule has 1 saturated heterocycles. The van der Waals surface area contributed by atoms with Crippen LogP contribution in [-0.4, -0.2) is 47.9 Å². The van der Waals surface area contributed by atoms with Crippen LogP contribution in [0.1, 0.15) is 25.0 Å². The second kappa shape index (κ2) is 6.57. The summed E-state index contributed by atoms with van der Waals surface area (Å²) < 4.78 is 0. The molecule has 0 unspecified atom stereocenters. The van der Waals surface area contributed by atoms with E-state index < -0.39 is 0 Å². The predicted octanol–water partition coefficient (Wildman–Crippen LogP) is 2.15. The number of benzene rings is 1. The Morgan fingerprint density at radius 2 is 1.95 bits per heavy atom. The van der Waals surface area contributed by atoms with Crippen LogP contribution in [-0.2, 0) is 6.54 Å². The summed E-state index contributed by atoms with van der Waals surface area (Å²) in [4.78, 5) is 4.92. The van der Waals surface area contributed by atoms with Crippen LogP contribution in [0.25, 0.3) is 0 Å². The largest absolute Gasteiger partial charge is 0.384 e. The minimum Gasteiger partial charge on any atom is -0.384 e. The van der Waals surface area contributed by atoms with Crippen molar-refractivity contribution in [2.45, 2.75) is 26.4 Å². The number of hydrogen-bond acceptors (Lipinski definition) is 3. The number of piperazine rings is 1. The number of nitrogens with one attached hydrogen (secondary N) is 1. The Hall–Kier alpha value is -1.10. The second-order valence-electron chi connectivity index (χ2n) is 5.63. The van der Waals surface area contributed by atoms with Gasteiger partial charge in [-0.3, -0.25) is 15.2 Å². The molecule has 1 fully saturated rings. The predicted molar refractivity (Wildman–Crippen MR) is 84.5 cm³/mol. The first-order valence-corrected chi connectivity index (χ1v) is 7.44. The van der Waals surface area contributed by atoms with Crippen molar-refractivity contribution in [3.63, 3.8) is 0 Å². The standard InChI is InChI=1S/C15H23ClN4/c1-11(2)20-7-5-19(6-8-20)10-13-4-3-12(15(17)18)9-14(13)16/h3-4,9,11H,5-8,10H2,1-2H3,(H3,17,18). The van der Waals surface area contributed by atoms with Gasteiger partial charge in [-0.15, -0.1) is 0 Å². The molecule has 0 radical (unpaired) electrons. The van der Waals surface area contributed by atoms with Crippen LogP contribution >= 0.6 is 11.6 Å². The highest BCUT2D eigenvalue weighted by Gasteiger charge is 2.19. The van der Waals surface area contributed by atoms with E-state index in [2.05, 4.69) is 23.6 Å². The van der Waals surface area contributed by atoms with Crippen molar-refractivity contribution in [3.05, 3.63) is 34.3 Å². The van der Waals surface area contributed by atoms with Gasteiger partial charge in [-0.2, -0.15) is 0 Å². The van der Waals surface area contributed by atoms with Crippen molar-refractivity contribution in [1.82, 2.24) is 9.80 Å². The molecule has 1 aliphatic rings. The van der Waals surface area contributed by atoms with E-state index in [4.69, 9.17) is 22.7 Å². The summed E-state index contributed by atoms with van der Waals surface area (Å²) in [6.07, 6.45) is 0. The molecule has 0 aliphatic carbocycles. The van der Waals surface area contributed by atoms with Crippen molar-refractivity contribution < 1.29 is 0 Å². The number of nitrogens with two attached hydrogens (primary N) is 1. The monoisotopic (exact) mass is 294 g/mol. The zero-order chi connectivity index (χ0) is 14.7. The Bertz CT molecular complexity index is 479. The lowest BCUT2D eigenvalue weighted by molar-refractivity contribution is 0.104. The normalized spacial score (nSPS) is 17.6. The molecule has 2 rings (SSSR count). The highest BCUT2D eigenvalue weighted by molar-refractivity contribution is 6.31. The second-order valence-corrected chi connectivity index (χ2v) is 6.03. The molecular weight excluding hydrogens is 272 g/mol. The van der Waals surface area contributed by atoms with Gasteiger partial charge in [0.1, 0.15) is 5.84 Å². The van der Waals surface area contributed by atoms with Crippen LogP contribution in [0.15, 0.2) is 18.2 Å². The highest BCUT2D eigenvalue weighted by atomic mass is 35.5. The number of nitrogens with zero attached hydrogens (tertiary/aromatic N) is 2. The third-order valence-corrected chi connectivity index (χ3v) is 4.25. The maximum Gasteiger partial charge on any atom is 0.122 e. The number of amidine groups is 1. The van der Waals surface area contributed by atoms with Crippen LogP contribution in [0.5, 0.6) is 0 Å². The lowest BCUT2D eigenvalue weighted by Gasteiger charge is -2.37. The van der Waals surface area contributed by atoms with Crippen LogP contribution < -0.4 is 5.73 Å². The molecule has 0 atom stereocenters. The molecule has 1 aliphatic heterocycles. The lowest BCUT2D eigenvalue weighted by atomic mass is 10.1. The molecule has 5 heteroatoms. The highest BCUT2D eigenvalue weighted by Crippen LogP contribution is 2.20. The Labute approximate surface area is 126 Å². The van der Waals surface area contributed by atoms with Gasteiger partial charge in [0.2, 0.25) is 0 Å². The molecule has 110 valence electrons. The summed E-state index contributed by atoms with van der Waals surface area (Å²) >= 11 is 6.28. The number of halogens is 1. The van der Waals surface area contributed by atoms with Gasteiger partial charge >= 0.3 is 0 Å². The maximum atomic E-state index is 7.42.